The van der Waals surface area contributed by atoms with Gasteiger partial charge in [0, 0.05) is 19.0 Å². The van der Waals surface area contributed by atoms with Gasteiger partial charge in [-0.15, -0.1) is 0 Å². The van der Waals surface area contributed by atoms with Crippen molar-refractivity contribution in [1.82, 2.24) is 5.32 Å². The third kappa shape index (κ3) is 7.47. The highest BCUT2D eigenvalue weighted by Crippen LogP contribution is 2.30. The minimum absolute atomic E-state index is 0.0118. The third-order valence-corrected chi connectivity index (χ3v) is 5.93. The van der Waals surface area contributed by atoms with Crippen molar-refractivity contribution < 1.29 is 26.7 Å². The number of carbonyl (C=O) groups is 1. The molecule has 0 aliphatic carbocycles. The average Bonchev–Trinajstić information content (AvgIpc) is 2.69. The molecule has 0 bridgehead atoms. The number of para-hydroxylation sites is 1. The van der Waals surface area contributed by atoms with Crippen LogP contribution in [0.25, 0.3) is 0 Å². The summed E-state index contributed by atoms with van der Waals surface area (Å²) in [5, 5.41) is 2.74. The number of halogens is 2. The second-order valence-electron chi connectivity index (χ2n) is 8.48. The van der Waals surface area contributed by atoms with Crippen molar-refractivity contribution in [2.75, 3.05) is 30.3 Å². The second-order valence-corrected chi connectivity index (χ2v) is 10.4. The molecule has 2 aromatic rings. The summed E-state index contributed by atoms with van der Waals surface area (Å²) in [5.41, 5.74) is 1.01. The summed E-state index contributed by atoms with van der Waals surface area (Å²) in [6, 6.07) is 10.6. The monoisotopic (exact) mass is 468 g/mol. The predicted molar refractivity (Wildman–Crippen MR) is 121 cm³/mol. The molecule has 0 radical (unpaired) electrons. The topological polar surface area (TPSA) is 75.7 Å². The van der Waals surface area contributed by atoms with Crippen LogP contribution in [0.5, 0.6) is 5.75 Å². The Kier molecular flexibility index (Phi) is 8.60. The van der Waals surface area contributed by atoms with Crippen LogP contribution in [0.4, 0.5) is 14.5 Å². The molecule has 32 heavy (non-hydrogen) atoms. The average molecular weight is 469 g/mol. The number of amides is 1. The quantitative estimate of drug-likeness (QED) is 0.535. The molecule has 0 spiro atoms. The molecule has 0 saturated heterocycles. The van der Waals surface area contributed by atoms with E-state index in [9.17, 15) is 22.0 Å². The van der Waals surface area contributed by atoms with Crippen LogP contribution in [0.2, 0.25) is 0 Å². The van der Waals surface area contributed by atoms with Gasteiger partial charge < -0.3 is 10.1 Å². The van der Waals surface area contributed by atoms with Crippen LogP contribution in [0.1, 0.15) is 39.2 Å². The van der Waals surface area contributed by atoms with E-state index in [1.807, 2.05) is 24.3 Å². The molecule has 176 valence electrons. The van der Waals surface area contributed by atoms with E-state index in [0.29, 0.717) is 13.2 Å². The maximum Gasteiger partial charge on any atom is 0.232 e. The van der Waals surface area contributed by atoms with Gasteiger partial charge in [-0.1, -0.05) is 39.0 Å². The van der Waals surface area contributed by atoms with E-state index in [4.69, 9.17) is 4.74 Å². The lowest BCUT2D eigenvalue weighted by molar-refractivity contribution is -0.121. The van der Waals surface area contributed by atoms with Crippen molar-refractivity contribution in [3.8, 4) is 5.75 Å². The van der Waals surface area contributed by atoms with Crippen molar-refractivity contribution in [2.45, 2.75) is 39.0 Å². The first-order valence-electron chi connectivity index (χ1n) is 10.3. The molecular weight excluding hydrogens is 438 g/mol. The summed E-state index contributed by atoms with van der Waals surface area (Å²) in [4.78, 5) is 12.1. The Hall–Kier alpha value is -2.68. The van der Waals surface area contributed by atoms with E-state index in [0.717, 1.165) is 34.0 Å². The first-order chi connectivity index (χ1) is 14.9. The molecule has 0 atom stereocenters. The van der Waals surface area contributed by atoms with Crippen molar-refractivity contribution >= 4 is 21.6 Å². The summed E-state index contributed by atoms with van der Waals surface area (Å²) in [5.74, 6) is -1.68. The predicted octanol–water partition coefficient (Wildman–Crippen LogP) is 4.00. The molecule has 0 aromatic heterocycles. The van der Waals surface area contributed by atoms with E-state index in [1.54, 1.807) is 0 Å². The maximum atomic E-state index is 13.5. The van der Waals surface area contributed by atoms with E-state index in [1.165, 1.54) is 6.07 Å². The molecule has 2 aromatic carbocycles. The Bertz CT molecular complexity index is 1040. The lowest BCUT2D eigenvalue weighted by Gasteiger charge is -2.23. The number of benzene rings is 2. The molecule has 0 heterocycles. The van der Waals surface area contributed by atoms with E-state index < -0.39 is 21.7 Å². The van der Waals surface area contributed by atoms with Gasteiger partial charge in [-0.05, 0) is 35.6 Å². The largest absolute Gasteiger partial charge is 0.491 e. The van der Waals surface area contributed by atoms with Crippen LogP contribution in [0.15, 0.2) is 42.5 Å². The SMILES string of the molecule is CC(C)(C)c1ccccc1OCCNC(=O)CCCN(c1ccc(F)c(F)c1)S(C)(=O)=O. The number of carbonyl (C=O) groups excluding carboxylic acids is 1. The van der Waals surface area contributed by atoms with Crippen LogP contribution in [0, 0.1) is 11.6 Å². The first kappa shape index (κ1) is 25.6. The summed E-state index contributed by atoms with van der Waals surface area (Å²) < 4.78 is 57.5. The zero-order valence-electron chi connectivity index (χ0n) is 18.8. The number of sulfonamides is 1. The molecule has 0 fully saturated rings. The van der Waals surface area contributed by atoms with Gasteiger partial charge in [0.15, 0.2) is 11.6 Å². The highest BCUT2D eigenvalue weighted by Gasteiger charge is 2.20. The molecule has 0 aliphatic rings. The zero-order valence-corrected chi connectivity index (χ0v) is 19.6. The number of hydrogen-bond acceptors (Lipinski definition) is 4. The van der Waals surface area contributed by atoms with Crippen LogP contribution < -0.4 is 14.4 Å². The normalized spacial score (nSPS) is 11.8. The molecule has 2 rings (SSSR count). The summed E-state index contributed by atoms with van der Waals surface area (Å²) in [6.45, 7) is 6.84. The summed E-state index contributed by atoms with van der Waals surface area (Å²) in [6.07, 6.45) is 1.26. The van der Waals surface area contributed by atoms with Gasteiger partial charge in [0.05, 0.1) is 18.5 Å². The standard InChI is InChI=1S/C23H30F2N2O4S/c1-23(2,3)18-8-5-6-9-21(18)31-15-13-26-22(28)10-7-14-27(32(4,29)30)17-11-12-19(24)20(25)16-17/h5-6,8-9,11-12,16H,7,10,13-15H2,1-4H3,(H,26,28). The van der Waals surface area contributed by atoms with Gasteiger partial charge in [0.25, 0.3) is 0 Å². The van der Waals surface area contributed by atoms with Crippen LogP contribution in [0.3, 0.4) is 0 Å². The summed E-state index contributed by atoms with van der Waals surface area (Å²) >= 11 is 0. The van der Waals surface area contributed by atoms with Crippen LogP contribution >= 0.6 is 0 Å². The molecule has 1 N–H and O–H groups in total. The lowest BCUT2D eigenvalue weighted by atomic mass is 9.86. The minimum Gasteiger partial charge on any atom is -0.491 e. The molecule has 0 aliphatic heterocycles. The Labute approximate surface area is 188 Å². The fourth-order valence-corrected chi connectivity index (χ4v) is 4.12. The Balaban J connectivity index is 1.82. The second kappa shape index (κ2) is 10.8. The summed E-state index contributed by atoms with van der Waals surface area (Å²) in [7, 11) is -3.72. The van der Waals surface area contributed by atoms with E-state index >= 15 is 0 Å². The number of nitrogens with zero attached hydrogens (tertiary/aromatic N) is 1. The number of hydrogen-bond donors (Lipinski definition) is 1. The number of anilines is 1. The molecule has 6 nitrogen and oxygen atoms in total. The molecular formula is C23H30F2N2O4S. The van der Waals surface area contributed by atoms with Crippen molar-refractivity contribution in [2.24, 2.45) is 0 Å². The van der Waals surface area contributed by atoms with Crippen LogP contribution in [-0.2, 0) is 20.2 Å². The first-order valence-corrected chi connectivity index (χ1v) is 12.2. The fourth-order valence-electron chi connectivity index (χ4n) is 3.16. The number of rotatable bonds is 10. The number of ether oxygens (including phenoxy) is 1. The van der Waals surface area contributed by atoms with Gasteiger partial charge in [-0.3, -0.25) is 9.10 Å². The van der Waals surface area contributed by atoms with Crippen molar-refractivity contribution in [3.05, 3.63) is 59.7 Å². The zero-order chi connectivity index (χ0) is 23.9. The maximum absolute atomic E-state index is 13.5. The highest BCUT2D eigenvalue weighted by atomic mass is 32.2. The van der Waals surface area contributed by atoms with Gasteiger partial charge in [-0.25, -0.2) is 17.2 Å². The minimum atomic E-state index is -3.72. The number of nitrogens with one attached hydrogen (secondary N) is 1. The van der Waals surface area contributed by atoms with Gasteiger partial charge in [0.1, 0.15) is 12.4 Å². The van der Waals surface area contributed by atoms with Gasteiger partial charge in [0.2, 0.25) is 15.9 Å². The smallest absolute Gasteiger partial charge is 0.232 e. The lowest BCUT2D eigenvalue weighted by Crippen LogP contribution is -2.33. The Morgan fingerprint density at radius 3 is 2.41 bits per heavy atom. The van der Waals surface area contributed by atoms with Crippen LogP contribution in [-0.4, -0.2) is 40.3 Å². The highest BCUT2D eigenvalue weighted by molar-refractivity contribution is 7.92. The van der Waals surface area contributed by atoms with E-state index in [-0.39, 0.29) is 36.4 Å². The Morgan fingerprint density at radius 2 is 1.78 bits per heavy atom. The van der Waals surface area contributed by atoms with Crippen molar-refractivity contribution in [1.29, 1.82) is 0 Å². The molecule has 9 heteroatoms. The Morgan fingerprint density at radius 1 is 1.09 bits per heavy atom. The van der Waals surface area contributed by atoms with Gasteiger partial charge in [-0.2, -0.15) is 0 Å². The molecule has 0 saturated carbocycles. The third-order valence-electron chi connectivity index (χ3n) is 4.73. The van der Waals surface area contributed by atoms with E-state index in [2.05, 4.69) is 26.1 Å². The molecule has 0 unspecified atom stereocenters. The molecule has 1 amide bonds. The van der Waals surface area contributed by atoms with Crippen molar-refractivity contribution in [3.63, 3.8) is 0 Å². The van der Waals surface area contributed by atoms with Gasteiger partial charge >= 0.3 is 0 Å². The fraction of sp³-hybridized carbons (Fsp3) is 0.435.